The van der Waals surface area contributed by atoms with Crippen molar-refractivity contribution in [2.24, 2.45) is 40.4 Å². The van der Waals surface area contributed by atoms with Crippen molar-refractivity contribution in [2.75, 3.05) is 14.1 Å². The number of amides is 1. The lowest BCUT2D eigenvalue weighted by atomic mass is 9.45. The molecular weight excluding hydrogens is 396 g/mol. The fraction of sp³-hybridized carbons (Fsp3) is 0.786. The average Bonchev–Trinajstić information content (AvgIpc) is 3.06. The molecule has 8 unspecified atom stereocenters. The summed E-state index contributed by atoms with van der Waals surface area (Å²) in [7, 11) is 4.46. The molecule has 4 aliphatic rings. The molecule has 32 heavy (non-hydrogen) atoms. The molecule has 0 radical (unpaired) electrons. The lowest BCUT2D eigenvalue weighted by molar-refractivity contribution is -0.141. The second-order valence-corrected chi connectivity index (χ2v) is 12.3. The van der Waals surface area contributed by atoms with Gasteiger partial charge in [0.1, 0.15) is 0 Å². The van der Waals surface area contributed by atoms with Gasteiger partial charge in [0.05, 0.1) is 5.70 Å². The van der Waals surface area contributed by atoms with Crippen LogP contribution in [-0.4, -0.2) is 36.7 Å². The van der Waals surface area contributed by atoms with Crippen LogP contribution in [-0.2, 0) is 9.59 Å². The van der Waals surface area contributed by atoms with E-state index in [4.69, 9.17) is 0 Å². The molecule has 0 heterocycles. The third-order valence-corrected chi connectivity index (χ3v) is 10.3. The van der Waals surface area contributed by atoms with Gasteiger partial charge in [-0.25, -0.2) is 0 Å². The first-order chi connectivity index (χ1) is 15.0. The second-order valence-electron chi connectivity index (χ2n) is 12.3. The van der Waals surface area contributed by atoms with E-state index in [1.54, 1.807) is 6.08 Å². The Hall–Kier alpha value is -1.42. The number of ketones is 1. The number of rotatable bonds is 4. The standard InChI is InChI=1S/C28H44N2O2/c1-17(2)16-25(31)29-24-13-15-28(5)22-12-14-27(4)20(18(3)30(6)7)10-11-21(27)19(22)8-9-23(28)26(24)32/h13,16,18-23H,8-12,14-15H2,1-7H3,(H,29,31). The molecule has 4 aliphatic carbocycles. The van der Waals surface area contributed by atoms with E-state index in [0.29, 0.717) is 23.1 Å². The van der Waals surface area contributed by atoms with Gasteiger partial charge in [0.2, 0.25) is 5.91 Å². The number of fused-ring (bicyclic) bond motifs is 5. The Morgan fingerprint density at radius 1 is 1.09 bits per heavy atom. The second kappa shape index (κ2) is 8.42. The Labute approximate surface area is 195 Å². The van der Waals surface area contributed by atoms with Gasteiger partial charge < -0.3 is 10.2 Å². The molecule has 3 fully saturated rings. The van der Waals surface area contributed by atoms with Gasteiger partial charge in [0.15, 0.2) is 5.78 Å². The van der Waals surface area contributed by atoms with E-state index in [1.807, 2.05) is 19.9 Å². The molecule has 8 atom stereocenters. The molecule has 3 saturated carbocycles. The van der Waals surface area contributed by atoms with Crippen molar-refractivity contribution in [3.05, 3.63) is 23.4 Å². The topological polar surface area (TPSA) is 49.4 Å². The molecule has 178 valence electrons. The van der Waals surface area contributed by atoms with Crippen LogP contribution < -0.4 is 5.32 Å². The molecule has 4 rings (SSSR count). The maximum absolute atomic E-state index is 13.5. The highest BCUT2D eigenvalue weighted by molar-refractivity contribution is 6.03. The van der Waals surface area contributed by atoms with Crippen LogP contribution in [0.4, 0.5) is 0 Å². The zero-order chi connectivity index (χ0) is 23.4. The summed E-state index contributed by atoms with van der Waals surface area (Å²) in [6.07, 6.45) is 11.9. The summed E-state index contributed by atoms with van der Waals surface area (Å²) in [5.41, 5.74) is 1.96. The van der Waals surface area contributed by atoms with Gasteiger partial charge in [-0.2, -0.15) is 0 Å². The number of Topliss-reactive ketones (excluding diaryl/α,β-unsaturated/α-hetero) is 1. The lowest BCUT2D eigenvalue weighted by Gasteiger charge is -2.60. The quantitative estimate of drug-likeness (QED) is 0.600. The first-order valence-electron chi connectivity index (χ1n) is 12.9. The Morgan fingerprint density at radius 2 is 1.78 bits per heavy atom. The summed E-state index contributed by atoms with van der Waals surface area (Å²) in [6.45, 7) is 11.2. The van der Waals surface area contributed by atoms with Crippen molar-refractivity contribution in [1.82, 2.24) is 10.2 Å². The third-order valence-electron chi connectivity index (χ3n) is 10.3. The van der Waals surface area contributed by atoms with Gasteiger partial charge >= 0.3 is 0 Å². The highest BCUT2D eigenvalue weighted by Crippen LogP contribution is 2.67. The number of hydrogen-bond acceptors (Lipinski definition) is 3. The SMILES string of the molecule is CC(C)=CC(=O)NC1=CCC2(C)C(CCC3C2CCC2(C)C3CCC2C(C)N(C)C)C1=O. The monoisotopic (exact) mass is 440 g/mol. The number of allylic oxidation sites excluding steroid dienone is 3. The number of nitrogens with one attached hydrogen (secondary N) is 1. The van der Waals surface area contributed by atoms with Crippen LogP contribution in [0.25, 0.3) is 0 Å². The molecule has 4 heteroatoms. The molecule has 0 aliphatic heterocycles. The molecule has 0 aromatic rings. The lowest BCUT2D eigenvalue weighted by Crippen LogP contribution is -2.56. The summed E-state index contributed by atoms with van der Waals surface area (Å²) < 4.78 is 0. The van der Waals surface area contributed by atoms with E-state index in [1.165, 1.54) is 32.1 Å². The van der Waals surface area contributed by atoms with Crippen molar-refractivity contribution >= 4 is 11.7 Å². The largest absolute Gasteiger partial charge is 0.320 e. The fourth-order valence-electron chi connectivity index (χ4n) is 8.53. The van der Waals surface area contributed by atoms with Crippen molar-refractivity contribution in [3.8, 4) is 0 Å². The zero-order valence-corrected chi connectivity index (χ0v) is 21.3. The maximum Gasteiger partial charge on any atom is 0.248 e. The minimum atomic E-state index is -0.178. The molecule has 0 aromatic carbocycles. The van der Waals surface area contributed by atoms with E-state index in [9.17, 15) is 9.59 Å². The number of hydrogen-bond donors (Lipinski definition) is 1. The summed E-state index contributed by atoms with van der Waals surface area (Å²) in [6, 6.07) is 0.625. The smallest absolute Gasteiger partial charge is 0.248 e. The number of carbonyl (C=O) groups excluding carboxylic acids is 2. The number of carbonyl (C=O) groups is 2. The molecule has 4 nitrogen and oxygen atoms in total. The van der Waals surface area contributed by atoms with E-state index in [0.717, 1.165) is 36.2 Å². The maximum atomic E-state index is 13.5. The first kappa shape index (κ1) is 23.7. The molecule has 0 bridgehead atoms. The van der Waals surface area contributed by atoms with Gasteiger partial charge in [-0.15, -0.1) is 0 Å². The molecule has 0 aromatic heterocycles. The Morgan fingerprint density at radius 3 is 2.44 bits per heavy atom. The minimum absolute atomic E-state index is 0.0390. The van der Waals surface area contributed by atoms with Crippen LogP contribution in [0.3, 0.4) is 0 Å². The van der Waals surface area contributed by atoms with Gasteiger partial charge in [-0.05, 0) is 114 Å². The number of nitrogens with zero attached hydrogens (tertiary/aromatic N) is 1. The summed E-state index contributed by atoms with van der Waals surface area (Å²) in [5, 5.41) is 2.89. The van der Waals surface area contributed by atoms with Gasteiger partial charge in [-0.1, -0.05) is 25.5 Å². The van der Waals surface area contributed by atoms with Gasteiger partial charge in [0.25, 0.3) is 0 Å². The first-order valence-corrected chi connectivity index (χ1v) is 12.9. The van der Waals surface area contributed by atoms with Crippen LogP contribution in [0.1, 0.15) is 79.6 Å². The minimum Gasteiger partial charge on any atom is -0.320 e. The molecule has 0 spiro atoms. The Kier molecular flexibility index (Phi) is 6.24. The van der Waals surface area contributed by atoms with Gasteiger partial charge in [0, 0.05) is 18.0 Å². The van der Waals surface area contributed by atoms with E-state index < -0.39 is 0 Å². The zero-order valence-electron chi connectivity index (χ0n) is 21.3. The fourth-order valence-corrected chi connectivity index (χ4v) is 8.53. The van der Waals surface area contributed by atoms with Crippen LogP contribution in [0, 0.1) is 40.4 Å². The molecular formula is C28H44N2O2. The van der Waals surface area contributed by atoms with E-state index >= 15 is 0 Å². The normalized spacial score (nSPS) is 41.8. The van der Waals surface area contributed by atoms with Crippen molar-refractivity contribution in [2.45, 2.75) is 85.6 Å². The summed E-state index contributed by atoms with van der Waals surface area (Å²) >= 11 is 0. The highest BCUT2D eigenvalue weighted by atomic mass is 16.2. The van der Waals surface area contributed by atoms with Crippen LogP contribution in [0.2, 0.25) is 0 Å². The predicted molar refractivity (Wildman–Crippen MR) is 130 cm³/mol. The van der Waals surface area contributed by atoms with E-state index in [-0.39, 0.29) is 23.0 Å². The molecule has 1 N–H and O–H groups in total. The third kappa shape index (κ3) is 3.71. The predicted octanol–water partition coefficient (Wildman–Crippen LogP) is 5.35. The molecule has 1 amide bonds. The summed E-state index contributed by atoms with van der Waals surface area (Å²) in [4.78, 5) is 28.1. The van der Waals surface area contributed by atoms with Crippen molar-refractivity contribution in [3.63, 3.8) is 0 Å². The average molecular weight is 441 g/mol. The van der Waals surface area contributed by atoms with Crippen molar-refractivity contribution in [1.29, 1.82) is 0 Å². The van der Waals surface area contributed by atoms with Crippen LogP contribution >= 0.6 is 0 Å². The summed E-state index contributed by atoms with van der Waals surface area (Å²) in [5.74, 6) is 3.00. The Bertz CT molecular complexity index is 838. The van der Waals surface area contributed by atoms with E-state index in [2.05, 4.69) is 45.1 Å². The van der Waals surface area contributed by atoms with Crippen LogP contribution in [0.5, 0.6) is 0 Å². The van der Waals surface area contributed by atoms with Crippen LogP contribution in [0.15, 0.2) is 23.4 Å². The van der Waals surface area contributed by atoms with Crippen molar-refractivity contribution < 1.29 is 9.59 Å². The van der Waals surface area contributed by atoms with Gasteiger partial charge in [-0.3, -0.25) is 9.59 Å². The highest BCUT2D eigenvalue weighted by Gasteiger charge is 2.61. The molecule has 0 saturated heterocycles. The Balaban J connectivity index is 1.55.